The smallest absolute Gasteiger partial charge is 0.336 e. The molecule has 4 aromatic carbocycles. The van der Waals surface area contributed by atoms with Crippen molar-refractivity contribution < 1.29 is 17.6 Å². The van der Waals surface area contributed by atoms with Crippen molar-refractivity contribution in [2.45, 2.75) is 37.1 Å². The lowest BCUT2D eigenvalue weighted by Gasteiger charge is -2.30. The number of carbonyl (C=O) groups excluding carboxylic acids is 1. The molecule has 1 aromatic heterocycles. The van der Waals surface area contributed by atoms with Gasteiger partial charge in [-0.15, -0.1) is 0 Å². The monoisotopic (exact) mass is 551 g/mol. The Morgan fingerprint density at radius 2 is 1.45 bits per heavy atom. The highest BCUT2D eigenvalue weighted by Gasteiger charge is 2.34. The average molecular weight is 552 g/mol. The molecule has 0 fully saturated rings. The van der Waals surface area contributed by atoms with E-state index in [1.165, 1.54) is 6.07 Å². The summed E-state index contributed by atoms with van der Waals surface area (Å²) in [5, 5.41) is 0.640. The van der Waals surface area contributed by atoms with Crippen LogP contribution in [0.2, 0.25) is 0 Å². The van der Waals surface area contributed by atoms with Gasteiger partial charge in [0, 0.05) is 29.4 Å². The van der Waals surface area contributed by atoms with Gasteiger partial charge in [0.25, 0.3) is 0 Å². The highest BCUT2D eigenvalue weighted by atomic mass is 32.2. The molecule has 2 atom stereocenters. The summed E-state index contributed by atoms with van der Waals surface area (Å²) in [6.07, 6.45) is -0.0487. The maximum atomic E-state index is 13.8. The number of aryl methyl sites for hydroxylation is 2. The van der Waals surface area contributed by atoms with Gasteiger partial charge in [-0.2, -0.15) is 0 Å². The van der Waals surface area contributed by atoms with Gasteiger partial charge < -0.3 is 4.42 Å². The van der Waals surface area contributed by atoms with Crippen LogP contribution >= 0.6 is 0 Å². The Hall–Kier alpha value is -4.33. The molecule has 5 aromatic rings. The maximum absolute atomic E-state index is 13.8. The molecule has 7 heteroatoms. The summed E-state index contributed by atoms with van der Waals surface area (Å²) in [4.78, 5) is 26.5. The van der Waals surface area contributed by atoms with Gasteiger partial charge in [0.05, 0.1) is 10.9 Å². The molecular weight excluding hydrogens is 522 g/mol. The lowest BCUT2D eigenvalue weighted by atomic mass is 9.81. The molecule has 0 spiro atoms. The van der Waals surface area contributed by atoms with Gasteiger partial charge in [-0.25, -0.2) is 17.9 Å². The number of sulfonamides is 1. The Bertz CT molecular complexity index is 1830. The van der Waals surface area contributed by atoms with E-state index in [2.05, 4.69) is 4.72 Å². The first-order valence-electron chi connectivity index (χ1n) is 13.0. The summed E-state index contributed by atoms with van der Waals surface area (Å²) in [5.41, 5.74) is 3.33. The Kier molecular flexibility index (Phi) is 7.78. The van der Waals surface area contributed by atoms with Crippen LogP contribution in [0.5, 0.6) is 0 Å². The molecule has 6 nitrogen and oxygen atoms in total. The summed E-state index contributed by atoms with van der Waals surface area (Å²) in [5.74, 6) is -0.904. The van der Waals surface area contributed by atoms with Crippen LogP contribution < -0.4 is 10.3 Å². The fraction of sp³-hybridized carbons (Fsp3) is 0.152. The van der Waals surface area contributed by atoms with Crippen molar-refractivity contribution in [3.63, 3.8) is 0 Å². The predicted molar refractivity (Wildman–Crippen MR) is 156 cm³/mol. The first-order valence-corrected chi connectivity index (χ1v) is 14.5. The van der Waals surface area contributed by atoms with Crippen LogP contribution in [0.25, 0.3) is 11.0 Å². The second-order valence-corrected chi connectivity index (χ2v) is 11.6. The molecule has 0 aliphatic rings. The first kappa shape index (κ1) is 27.2. The Morgan fingerprint density at radius 1 is 0.800 bits per heavy atom. The molecule has 0 aliphatic heterocycles. The predicted octanol–water partition coefficient (Wildman–Crippen LogP) is 6.49. The van der Waals surface area contributed by atoms with Crippen LogP contribution in [0.15, 0.2) is 123 Å². The van der Waals surface area contributed by atoms with Gasteiger partial charge in [0.2, 0.25) is 10.0 Å². The maximum Gasteiger partial charge on any atom is 0.336 e. The van der Waals surface area contributed by atoms with Crippen LogP contribution in [0.4, 0.5) is 0 Å². The zero-order chi connectivity index (χ0) is 28.3. The standard InChI is InChI=1S/C33H29NO5S/c1-22-16-18-25(19-17-22)40(37,38)34-33(26-13-7-6-10-23(26)2)29(20-30(35)24-11-4-3-5-12-24)28-21-32(36)39-31-15-9-8-14-27(28)31/h3-19,21,29,33-34H,20H2,1-2H3/t29-,33+/m0/s1. The number of hydrogen-bond donors (Lipinski definition) is 1. The molecule has 0 amide bonds. The van der Waals surface area contributed by atoms with Crippen LogP contribution in [-0.4, -0.2) is 14.2 Å². The molecule has 5 rings (SSSR count). The fourth-order valence-electron chi connectivity index (χ4n) is 5.04. The Morgan fingerprint density at radius 3 is 2.17 bits per heavy atom. The number of hydrogen-bond acceptors (Lipinski definition) is 5. The first-order chi connectivity index (χ1) is 19.2. The number of nitrogens with one attached hydrogen (secondary N) is 1. The summed E-state index contributed by atoms with van der Waals surface area (Å²) < 4.78 is 35.9. The van der Waals surface area contributed by atoms with E-state index in [9.17, 15) is 18.0 Å². The SMILES string of the molecule is Cc1ccc(S(=O)(=O)N[C@H](c2ccccc2C)[C@@H](CC(=O)c2ccccc2)c2cc(=O)oc3ccccc23)cc1. The highest BCUT2D eigenvalue weighted by molar-refractivity contribution is 7.89. The quantitative estimate of drug-likeness (QED) is 0.167. The Balaban J connectivity index is 1.72. The summed E-state index contributed by atoms with van der Waals surface area (Å²) in [6, 6.07) is 30.5. The normalized spacial score (nSPS) is 13.2. The van der Waals surface area contributed by atoms with Crippen molar-refractivity contribution in [1.29, 1.82) is 0 Å². The summed E-state index contributed by atoms with van der Waals surface area (Å²) in [7, 11) is -4.02. The minimum Gasteiger partial charge on any atom is -0.423 e. The number of ketones is 1. The van der Waals surface area contributed by atoms with Gasteiger partial charge in [0.15, 0.2) is 5.78 Å². The van der Waals surface area contributed by atoms with Crippen LogP contribution in [0.3, 0.4) is 0 Å². The topological polar surface area (TPSA) is 93.5 Å². The second kappa shape index (κ2) is 11.4. The number of para-hydroxylation sites is 1. The molecule has 0 saturated carbocycles. The lowest BCUT2D eigenvalue weighted by Crippen LogP contribution is -2.34. The number of benzene rings is 4. The van der Waals surface area contributed by atoms with Crippen molar-refractivity contribution in [2.75, 3.05) is 0 Å². The molecule has 202 valence electrons. The molecular formula is C33H29NO5S. The number of Topliss-reactive ketones (excluding diaryl/α,β-unsaturated/α-hetero) is 1. The highest BCUT2D eigenvalue weighted by Crippen LogP contribution is 2.39. The van der Waals surface area contributed by atoms with Crippen LogP contribution in [0.1, 0.15) is 51.0 Å². The third kappa shape index (κ3) is 5.81. The van der Waals surface area contributed by atoms with Crippen LogP contribution in [0, 0.1) is 13.8 Å². The van der Waals surface area contributed by atoms with Crippen molar-refractivity contribution in [1.82, 2.24) is 4.72 Å². The number of carbonyl (C=O) groups is 1. The lowest BCUT2D eigenvalue weighted by molar-refractivity contribution is 0.0968. The minimum atomic E-state index is -4.02. The second-order valence-electron chi connectivity index (χ2n) is 9.89. The van der Waals surface area contributed by atoms with Crippen molar-refractivity contribution >= 4 is 26.8 Å². The third-order valence-electron chi connectivity index (χ3n) is 7.12. The average Bonchev–Trinajstić information content (AvgIpc) is 2.95. The number of rotatable bonds is 9. The van der Waals surface area contributed by atoms with Gasteiger partial charge in [-0.3, -0.25) is 4.79 Å². The summed E-state index contributed by atoms with van der Waals surface area (Å²) in [6.45, 7) is 3.79. The van der Waals surface area contributed by atoms with E-state index in [-0.39, 0.29) is 17.1 Å². The molecule has 0 radical (unpaired) electrons. The van der Waals surface area contributed by atoms with Gasteiger partial charge >= 0.3 is 5.63 Å². The van der Waals surface area contributed by atoms with E-state index >= 15 is 0 Å². The third-order valence-corrected chi connectivity index (χ3v) is 8.58. The number of fused-ring (bicyclic) bond motifs is 1. The van der Waals surface area contributed by atoms with E-state index in [0.717, 1.165) is 11.1 Å². The van der Waals surface area contributed by atoms with E-state index in [1.54, 1.807) is 60.7 Å². The van der Waals surface area contributed by atoms with Gasteiger partial charge in [-0.1, -0.05) is 90.5 Å². The molecule has 1 heterocycles. The van der Waals surface area contributed by atoms with E-state index in [1.807, 2.05) is 56.3 Å². The Labute approximate surface area is 233 Å². The molecule has 0 aliphatic carbocycles. The van der Waals surface area contributed by atoms with Crippen LogP contribution in [-0.2, 0) is 10.0 Å². The zero-order valence-corrected chi connectivity index (χ0v) is 23.0. The van der Waals surface area contributed by atoms with Gasteiger partial charge in [-0.05, 0) is 48.7 Å². The molecule has 1 N–H and O–H groups in total. The zero-order valence-electron chi connectivity index (χ0n) is 22.2. The molecule has 0 bridgehead atoms. The van der Waals surface area contributed by atoms with Crippen molar-refractivity contribution in [2.24, 2.45) is 0 Å². The summed E-state index contributed by atoms with van der Waals surface area (Å²) >= 11 is 0. The minimum absolute atomic E-state index is 0.0487. The van der Waals surface area contributed by atoms with E-state index < -0.39 is 27.6 Å². The van der Waals surface area contributed by atoms with Crippen molar-refractivity contribution in [3.05, 3.63) is 147 Å². The molecule has 0 unspecified atom stereocenters. The van der Waals surface area contributed by atoms with E-state index in [4.69, 9.17) is 4.42 Å². The van der Waals surface area contributed by atoms with E-state index in [0.29, 0.717) is 27.7 Å². The largest absolute Gasteiger partial charge is 0.423 e. The van der Waals surface area contributed by atoms with Gasteiger partial charge in [0.1, 0.15) is 5.58 Å². The molecule has 40 heavy (non-hydrogen) atoms. The van der Waals surface area contributed by atoms with Crippen molar-refractivity contribution in [3.8, 4) is 0 Å². The molecule has 0 saturated heterocycles. The fourth-order valence-corrected chi connectivity index (χ4v) is 6.30.